The number of hydrogen-bond donors (Lipinski definition) is 0. The number of nitrogens with zero attached hydrogens (tertiary/aromatic N) is 3. The predicted molar refractivity (Wildman–Crippen MR) is 115 cm³/mol. The van der Waals surface area contributed by atoms with Gasteiger partial charge in [-0.1, -0.05) is 50.5 Å². The molecule has 29 heavy (non-hydrogen) atoms. The van der Waals surface area contributed by atoms with E-state index in [4.69, 9.17) is 9.47 Å². The molecule has 3 rings (SSSR count). The van der Waals surface area contributed by atoms with Crippen LogP contribution in [0.15, 0.2) is 36.4 Å². The Kier molecular flexibility index (Phi) is 7.77. The van der Waals surface area contributed by atoms with Crippen LogP contribution in [0.4, 0.5) is 0 Å². The summed E-state index contributed by atoms with van der Waals surface area (Å²) < 4.78 is 21.0. The molecule has 0 saturated heterocycles. The molecule has 0 amide bonds. The molecular formula is C22H30N3O3S+. The van der Waals surface area contributed by atoms with Gasteiger partial charge in [0, 0.05) is 12.0 Å². The molecule has 0 fully saturated rings. The smallest absolute Gasteiger partial charge is 0.342 e. The van der Waals surface area contributed by atoms with Gasteiger partial charge in [-0.05, 0) is 18.6 Å². The summed E-state index contributed by atoms with van der Waals surface area (Å²) in [5, 5.41) is 0. The van der Waals surface area contributed by atoms with E-state index < -0.39 is 0 Å². The minimum absolute atomic E-state index is 0.285. The van der Waals surface area contributed by atoms with E-state index in [1.54, 1.807) is 12.1 Å². The maximum atomic E-state index is 12.3. The number of aromatic nitrogens is 2. The Hall–Kier alpha value is -2.25. The van der Waals surface area contributed by atoms with Crippen molar-refractivity contribution in [3.8, 4) is 5.88 Å². The molecule has 2 heterocycles. The normalized spacial score (nSPS) is 18.9. The predicted octanol–water partition coefficient (Wildman–Crippen LogP) is 4.55. The van der Waals surface area contributed by atoms with E-state index in [1.807, 2.05) is 18.2 Å². The van der Waals surface area contributed by atoms with Crippen LogP contribution in [-0.4, -0.2) is 52.7 Å². The van der Waals surface area contributed by atoms with Crippen molar-refractivity contribution in [1.29, 1.82) is 0 Å². The lowest BCUT2D eigenvalue weighted by molar-refractivity contribution is -0.919. The summed E-state index contributed by atoms with van der Waals surface area (Å²) in [4.78, 5) is 12.3. The standard InChI is InChI=1S/C22H30N3O3S/c1-3-4-5-9-15-27-21-20(23-29-24-21)19-13-10-14-25(2,16-19)17-28-22(26)18-11-7-6-8-12-18/h6-8,11-13H,3-5,9-10,14-17H2,1-2H3/q+1. The Labute approximate surface area is 177 Å². The molecule has 2 aromatic rings. The number of esters is 1. The Bertz CT molecular complexity index is 822. The second kappa shape index (κ2) is 10.5. The highest BCUT2D eigenvalue weighted by Crippen LogP contribution is 2.30. The zero-order valence-corrected chi connectivity index (χ0v) is 18.1. The second-order valence-corrected chi connectivity index (χ2v) is 8.30. The van der Waals surface area contributed by atoms with Gasteiger partial charge < -0.3 is 9.47 Å². The summed E-state index contributed by atoms with van der Waals surface area (Å²) in [5.41, 5.74) is 2.53. The minimum Gasteiger partial charge on any atom is -0.475 e. The number of carbonyl (C=O) groups excluding carboxylic acids is 1. The topological polar surface area (TPSA) is 61.3 Å². The van der Waals surface area contributed by atoms with Crippen molar-refractivity contribution in [3.63, 3.8) is 0 Å². The van der Waals surface area contributed by atoms with Crippen molar-refractivity contribution in [3.05, 3.63) is 47.7 Å². The van der Waals surface area contributed by atoms with Gasteiger partial charge in [-0.25, -0.2) is 4.79 Å². The van der Waals surface area contributed by atoms with Crippen molar-refractivity contribution in [2.45, 2.75) is 39.0 Å². The molecule has 0 bridgehead atoms. The average molecular weight is 417 g/mol. The Balaban J connectivity index is 1.57. The molecule has 1 aromatic heterocycles. The van der Waals surface area contributed by atoms with Crippen LogP contribution in [0.1, 0.15) is 55.1 Å². The molecule has 1 aliphatic heterocycles. The van der Waals surface area contributed by atoms with Gasteiger partial charge >= 0.3 is 5.97 Å². The van der Waals surface area contributed by atoms with Crippen molar-refractivity contribution in [1.82, 2.24) is 8.75 Å². The molecule has 0 spiro atoms. The van der Waals surface area contributed by atoms with E-state index in [1.165, 1.54) is 31.0 Å². The van der Waals surface area contributed by atoms with Gasteiger partial charge in [0.1, 0.15) is 12.2 Å². The van der Waals surface area contributed by atoms with E-state index in [2.05, 4.69) is 28.8 Å². The van der Waals surface area contributed by atoms with Gasteiger partial charge in [0.05, 0.1) is 37.5 Å². The first kappa shape index (κ1) is 21.5. The molecule has 156 valence electrons. The van der Waals surface area contributed by atoms with Gasteiger partial charge in [-0.3, -0.25) is 4.48 Å². The van der Waals surface area contributed by atoms with Crippen LogP contribution in [-0.2, 0) is 4.74 Å². The SMILES string of the molecule is CCCCCCOc1nsnc1C1=CCC[N+](C)(COC(=O)c2ccccc2)C1. The number of unbranched alkanes of at least 4 members (excludes halogenated alkanes) is 3. The molecule has 6 nitrogen and oxygen atoms in total. The van der Waals surface area contributed by atoms with Crippen LogP contribution in [0.2, 0.25) is 0 Å². The molecule has 7 heteroatoms. The van der Waals surface area contributed by atoms with E-state index in [9.17, 15) is 4.79 Å². The molecule has 0 saturated carbocycles. The lowest BCUT2D eigenvalue weighted by Crippen LogP contribution is -2.49. The van der Waals surface area contributed by atoms with Crippen molar-refractivity contribution >= 4 is 23.3 Å². The van der Waals surface area contributed by atoms with Gasteiger partial charge in [0.15, 0.2) is 0 Å². The molecule has 1 aromatic carbocycles. The summed E-state index contributed by atoms with van der Waals surface area (Å²) >= 11 is 1.19. The van der Waals surface area contributed by atoms with E-state index in [0.29, 0.717) is 29.3 Å². The highest BCUT2D eigenvalue weighted by Gasteiger charge is 2.31. The minimum atomic E-state index is -0.285. The first-order valence-electron chi connectivity index (χ1n) is 10.3. The van der Waals surface area contributed by atoms with Crippen molar-refractivity contribution < 1.29 is 18.8 Å². The van der Waals surface area contributed by atoms with Crippen LogP contribution in [0.25, 0.3) is 5.57 Å². The number of rotatable bonds is 10. The fourth-order valence-corrected chi connectivity index (χ4v) is 3.96. The zero-order chi connectivity index (χ0) is 20.5. The summed E-state index contributed by atoms with van der Waals surface area (Å²) in [6, 6.07) is 9.11. The van der Waals surface area contributed by atoms with Gasteiger partial charge in [-0.15, -0.1) is 4.37 Å². The van der Waals surface area contributed by atoms with Crippen molar-refractivity contribution in [2.75, 3.05) is 33.5 Å². The fourth-order valence-electron chi connectivity index (χ4n) is 3.43. The lowest BCUT2D eigenvalue weighted by Gasteiger charge is -2.36. The molecule has 1 atom stereocenters. The van der Waals surface area contributed by atoms with Crippen LogP contribution in [0, 0.1) is 0 Å². The quantitative estimate of drug-likeness (QED) is 0.323. The van der Waals surface area contributed by atoms with E-state index >= 15 is 0 Å². The average Bonchev–Trinajstić information content (AvgIpc) is 3.21. The Morgan fingerprint density at radius 1 is 1.17 bits per heavy atom. The second-order valence-electron chi connectivity index (χ2n) is 7.77. The van der Waals surface area contributed by atoms with E-state index in [0.717, 1.165) is 37.2 Å². The Morgan fingerprint density at radius 3 is 2.79 bits per heavy atom. The highest BCUT2D eigenvalue weighted by atomic mass is 32.1. The van der Waals surface area contributed by atoms with Crippen LogP contribution in [0.5, 0.6) is 5.88 Å². The summed E-state index contributed by atoms with van der Waals surface area (Å²) in [6.07, 6.45) is 7.76. The first-order valence-corrected chi connectivity index (χ1v) is 11.0. The summed E-state index contributed by atoms with van der Waals surface area (Å²) in [7, 11) is 2.11. The van der Waals surface area contributed by atoms with Crippen LogP contribution < -0.4 is 4.74 Å². The molecule has 0 N–H and O–H groups in total. The molecule has 0 radical (unpaired) electrons. The number of hydrogen-bond acceptors (Lipinski definition) is 6. The number of carbonyl (C=O) groups is 1. The molecule has 1 unspecified atom stereocenters. The first-order chi connectivity index (χ1) is 14.1. The largest absolute Gasteiger partial charge is 0.475 e. The lowest BCUT2D eigenvalue weighted by atomic mass is 10.1. The van der Waals surface area contributed by atoms with E-state index in [-0.39, 0.29) is 5.97 Å². The van der Waals surface area contributed by atoms with Gasteiger partial charge in [0.25, 0.3) is 5.88 Å². The van der Waals surface area contributed by atoms with Crippen molar-refractivity contribution in [2.24, 2.45) is 0 Å². The third-order valence-corrected chi connectivity index (χ3v) is 5.64. The van der Waals surface area contributed by atoms with Crippen LogP contribution in [0.3, 0.4) is 0 Å². The van der Waals surface area contributed by atoms with Gasteiger partial charge in [0.2, 0.25) is 6.73 Å². The summed E-state index contributed by atoms with van der Waals surface area (Å²) in [6.45, 7) is 4.85. The molecule has 0 aliphatic carbocycles. The number of likely N-dealkylation sites (N-methyl/N-ethyl adjacent to an activating group) is 1. The highest BCUT2D eigenvalue weighted by molar-refractivity contribution is 6.99. The van der Waals surface area contributed by atoms with Crippen LogP contribution >= 0.6 is 11.7 Å². The monoisotopic (exact) mass is 416 g/mol. The maximum Gasteiger partial charge on any atom is 0.342 e. The third kappa shape index (κ3) is 6.11. The maximum absolute atomic E-state index is 12.3. The number of ether oxygens (including phenoxy) is 2. The molecule has 1 aliphatic rings. The molecular weight excluding hydrogens is 386 g/mol. The third-order valence-electron chi connectivity index (χ3n) is 5.13. The fraction of sp³-hybridized carbons (Fsp3) is 0.500. The van der Waals surface area contributed by atoms with Gasteiger partial charge in [-0.2, -0.15) is 4.37 Å². The zero-order valence-electron chi connectivity index (χ0n) is 17.3. The number of benzene rings is 1. The number of quaternary nitrogens is 1. The Morgan fingerprint density at radius 2 is 2.00 bits per heavy atom. The summed E-state index contributed by atoms with van der Waals surface area (Å²) in [5.74, 6) is 0.347.